The van der Waals surface area contributed by atoms with Crippen LogP contribution in [0.5, 0.6) is 0 Å². The summed E-state index contributed by atoms with van der Waals surface area (Å²) in [5, 5.41) is 27.0. The molecule has 3 aromatic rings. The first kappa shape index (κ1) is 17.3. The largest absolute Gasteiger partial charge is 0.386 e. The van der Waals surface area contributed by atoms with E-state index in [2.05, 4.69) is 20.7 Å². The number of aliphatic hydroxyl groups is 1. The van der Waals surface area contributed by atoms with Gasteiger partial charge in [0.05, 0.1) is 25.0 Å². The van der Waals surface area contributed by atoms with Crippen LogP contribution >= 0.6 is 11.3 Å². The van der Waals surface area contributed by atoms with Crippen LogP contribution in [0.15, 0.2) is 36.0 Å². The first-order valence-corrected chi connectivity index (χ1v) is 8.82. The highest BCUT2D eigenvalue weighted by molar-refractivity contribution is 7.10. The van der Waals surface area contributed by atoms with Gasteiger partial charge < -0.3 is 10.4 Å². The minimum Gasteiger partial charge on any atom is -0.386 e. The fourth-order valence-electron chi connectivity index (χ4n) is 2.43. The van der Waals surface area contributed by atoms with E-state index >= 15 is 0 Å². The van der Waals surface area contributed by atoms with Crippen LogP contribution in [0.1, 0.15) is 34.1 Å². The van der Waals surface area contributed by atoms with E-state index in [9.17, 15) is 9.90 Å². The standard InChI is InChI=1S/C16H20N6O2S/c1-11-5-6-21(19-11)8-12(2)17-16(24)13-9-22(20-18-13)10-14(23)15-4-3-7-25-15/h3-7,9,12,14,23H,8,10H2,1-2H3,(H,17,24)/t12-,14-/m0/s1. The van der Waals surface area contributed by atoms with Crippen molar-refractivity contribution in [2.24, 2.45) is 0 Å². The molecule has 9 heteroatoms. The van der Waals surface area contributed by atoms with Crippen LogP contribution in [0.4, 0.5) is 0 Å². The number of hydrogen-bond acceptors (Lipinski definition) is 6. The lowest BCUT2D eigenvalue weighted by atomic mass is 10.3. The third-order valence-corrected chi connectivity index (χ3v) is 4.59. The Labute approximate surface area is 149 Å². The second kappa shape index (κ2) is 7.58. The average molecular weight is 360 g/mol. The molecule has 0 aliphatic rings. The van der Waals surface area contributed by atoms with Crippen molar-refractivity contribution < 1.29 is 9.90 Å². The maximum absolute atomic E-state index is 12.3. The molecule has 3 heterocycles. The Hall–Kier alpha value is -2.52. The molecular weight excluding hydrogens is 340 g/mol. The summed E-state index contributed by atoms with van der Waals surface area (Å²) in [5.41, 5.74) is 1.16. The van der Waals surface area contributed by atoms with Crippen molar-refractivity contribution in [2.75, 3.05) is 0 Å². The SMILES string of the molecule is Cc1ccn(C[C@H](C)NC(=O)c2cn(C[C@H](O)c3cccs3)nn2)n1. The molecule has 2 atom stereocenters. The van der Waals surface area contributed by atoms with Crippen molar-refractivity contribution >= 4 is 17.2 Å². The van der Waals surface area contributed by atoms with Gasteiger partial charge in [-0.1, -0.05) is 11.3 Å². The average Bonchev–Trinajstić information content (AvgIpc) is 3.28. The molecule has 0 aliphatic heterocycles. The van der Waals surface area contributed by atoms with Crippen molar-refractivity contribution in [1.29, 1.82) is 0 Å². The van der Waals surface area contributed by atoms with Crippen molar-refractivity contribution in [3.8, 4) is 0 Å². The third-order valence-electron chi connectivity index (χ3n) is 3.62. The van der Waals surface area contributed by atoms with Gasteiger partial charge in [-0.25, -0.2) is 4.68 Å². The van der Waals surface area contributed by atoms with Gasteiger partial charge in [0.2, 0.25) is 0 Å². The highest BCUT2D eigenvalue weighted by Gasteiger charge is 2.16. The molecule has 0 unspecified atom stereocenters. The summed E-state index contributed by atoms with van der Waals surface area (Å²) in [6.07, 6.45) is 2.75. The van der Waals surface area contributed by atoms with E-state index in [1.807, 2.05) is 43.6 Å². The lowest BCUT2D eigenvalue weighted by Crippen LogP contribution is -2.36. The summed E-state index contributed by atoms with van der Waals surface area (Å²) in [4.78, 5) is 13.1. The highest BCUT2D eigenvalue weighted by atomic mass is 32.1. The van der Waals surface area contributed by atoms with E-state index < -0.39 is 6.10 Å². The molecule has 0 bridgehead atoms. The number of carbonyl (C=O) groups excluding carboxylic acids is 1. The van der Waals surface area contributed by atoms with E-state index in [0.29, 0.717) is 6.54 Å². The van der Waals surface area contributed by atoms with Gasteiger partial charge in [-0.2, -0.15) is 5.10 Å². The fraction of sp³-hybridized carbons (Fsp3) is 0.375. The van der Waals surface area contributed by atoms with Crippen molar-refractivity contribution in [2.45, 2.75) is 39.1 Å². The number of nitrogens with one attached hydrogen (secondary N) is 1. The Kier molecular flexibility index (Phi) is 5.25. The molecule has 1 amide bonds. The number of thiophene rings is 1. The molecule has 132 valence electrons. The van der Waals surface area contributed by atoms with Crippen LogP contribution < -0.4 is 5.32 Å². The van der Waals surface area contributed by atoms with E-state index in [-0.39, 0.29) is 24.2 Å². The zero-order valence-electron chi connectivity index (χ0n) is 14.0. The predicted octanol–water partition coefficient (Wildman–Crippen LogP) is 1.40. The van der Waals surface area contributed by atoms with Crippen LogP contribution in [-0.4, -0.2) is 41.8 Å². The van der Waals surface area contributed by atoms with Gasteiger partial charge in [-0.3, -0.25) is 9.48 Å². The van der Waals surface area contributed by atoms with E-state index in [1.165, 1.54) is 22.2 Å². The van der Waals surface area contributed by atoms with Crippen molar-refractivity contribution in [3.05, 3.63) is 52.2 Å². The van der Waals surface area contributed by atoms with Crippen LogP contribution in [0, 0.1) is 6.92 Å². The van der Waals surface area contributed by atoms with Gasteiger partial charge in [0.15, 0.2) is 5.69 Å². The molecule has 3 aromatic heterocycles. The topological polar surface area (TPSA) is 97.9 Å². The molecule has 0 radical (unpaired) electrons. The number of carbonyl (C=O) groups is 1. The molecule has 0 aromatic carbocycles. The molecule has 25 heavy (non-hydrogen) atoms. The van der Waals surface area contributed by atoms with Crippen LogP contribution in [0.25, 0.3) is 0 Å². The fourth-order valence-corrected chi connectivity index (χ4v) is 3.13. The Balaban J connectivity index is 1.55. The minimum atomic E-state index is -0.667. The van der Waals surface area contributed by atoms with Crippen molar-refractivity contribution in [1.82, 2.24) is 30.1 Å². The lowest BCUT2D eigenvalue weighted by Gasteiger charge is -2.12. The summed E-state index contributed by atoms with van der Waals surface area (Å²) in [6.45, 7) is 4.65. The van der Waals surface area contributed by atoms with Gasteiger partial charge in [0.25, 0.3) is 5.91 Å². The second-order valence-electron chi connectivity index (χ2n) is 5.91. The van der Waals surface area contributed by atoms with Crippen LogP contribution in [0.3, 0.4) is 0 Å². The molecule has 8 nitrogen and oxygen atoms in total. The van der Waals surface area contributed by atoms with Gasteiger partial charge >= 0.3 is 0 Å². The Morgan fingerprint density at radius 1 is 1.36 bits per heavy atom. The quantitative estimate of drug-likeness (QED) is 0.664. The Bertz CT molecular complexity index is 825. The Morgan fingerprint density at radius 2 is 2.20 bits per heavy atom. The number of aromatic nitrogens is 5. The summed E-state index contributed by atoms with van der Waals surface area (Å²) in [7, 11) is 0. The summed E-state index contributed by atoms with van der Waals surface area (Å²) < 4.78 is 3.26. The number of nitrogens with zero attached hydrogens (tertiary/aromatic N) is 5. The maximum atomic E-state index is 12.3. The predicted molar refractivity (Wildman–Crippen MR) is 93.2 cm³/mol. The second-order valence-corrected chi connectivity index (χ2v) is 6.89. The van der Waals surface area contributed by atoms with Gasteiger partial charge in [0.1, 0.15) is 6.10 Å². The number of amides is 1. The molecule has 0 spiro atoms. The summed E-state index contributed by atoms with van der Waals surface area (Å²) in [5.74, 6) is -0.298. The first-order valence-electron chi connectivity index (χ1n) is 7.94. The molecule has 0 aliphatic carbocycles. The zero-order chi connectivity index (χ0) is 17.8. The smallest absolute Gasteiger partial charge is 0.273 e. The highest BCUT2D eigenvalue weighted by Crippen LogP contribution is 2.19. The van der Waals surface area contributed by atoms with E-state index in [1.54, 1.807) is 4.68 Å². The minimum absolute atomic E-state index is 0.103. The Morgan fingerprint density at radius 3 is 2.88 bits per heavy atom. The van der Waals surface area contributed by atoms with Gasteiger partial charge in [-0.15, -0.1) is 16.4 Å². The van der Waals surface area contributed by atoms with Crippen molar-refractivity contribution in [3.63, 3.8) is 0 Å². The molecule has 2 N–H and O–H groups in total. The van der Waals surface area contributed by atoms with Crippen LogP contribution in [-0.2, 0) is 13.1 Å². The van der Waals surface area contributed by atoms with Crippen LogP contribution in [0.2, 0.25) is 0 Å². The molecule has 0 saturated heterocycles. The molecular formula is C16H20N6O2S. The summed E-state index contributed by atoms with van der Waals surface area (Å²) in [6, 6.07) is 5.55. The number of rotatable bonds is 7. The monoisotopic (exact) mass is 360 g/mol. The number of aliphatic hydroxyl groups excluding tert-OH is 1. The van der Waals surface area contributed by atoms with Gasteiger partial charge in [-0.05, 0) is 31.4 Å². The molecule has 0 saturated carbocycles. The third kappa shape index (κ3) is 4.52. The number of aryl methyl sites for hydroxylation is 1. The molecule has 3 rings (SSSR count). The van der Waals surface area contributed by atoms with E-state index in [0.717, 1.165) is 10.6 Å². The summed E-state index contributed by atoms with van der Waals surface area (Å²) >= 11 is 1.48. The van der Waals surface area contributed by atoms with Gasteiger partial charge in [0, 0.05) is 17.1 Å². The first-order chi connectivity index (χ1) is 12.0. The maximum Gasteiger partial charge on any atom is 0.273 e. The number of hydrogen-bond donors (Lipinski definition) is 2. The van der Waals surface area contributed by atoms with E-state index in [4.69, 9.17) is 0 Å². The normalized spacial score (nSPS) is 13.6. The molecule has 0 fully saturated rings. The zero-order valence-corrected chi connectivity index (χ0v) is 14.8. The lowest BCUT2D eigenvalue weighted by molar-refractivity contribution is 0.0930.